The lowest BCUT2D eigenvalue weighted by Crippen LogP contribution is -2.40. The molecule has 1 aromatic carbocycles. The maximum absolute atomic E-state index is 4.65. The molecule has 0 amide bonds. The Balaban J connectivity index is 0.00000288. The highest BCUT2D eigenvalue weighted by molar-refractivity contribution is 14.0. The second-order valence-corrected chi connectivity index (χ2v) is 6.65. The van der Waals surface area contributed by atoms with Crippen LogP contribution >= 0.6 is 24.0 Å². The molecule has 2 N–H and O–H groups in total. The topological polar surface area (TPSA) is 39.7 Å². The van der Waals surface area contributed by atoms with Gasteiger partial charge in [0.25, 0.3) is 0 Å². The minimum absolute atomic E-state index is 0. The second kappa shape index (κ2) is 11.7. The van der Waals surface area contributed by atoms with Crippen molar-refractivity contribution in [1.29, 1.82) is 0 Å². The van der Waals surface area contributed by atoms with Gasteiger partial charge in [0.15, 0.2) is 5.96 Å². The van der Waals surface area contributed by atoms with E-state index >= 15 is 0 Å². The third-order valence-electron chi connectivity index (χ3n) is 4.07. The van der Waals surface area contributed by atoms with Gasteiger partial charge in [-0.05, 0) is 57.8 Å². The van der Waals surface area contributed by atoms with Crippen LogP contribution in [0, 0.1) is 0 Å². The molecule has 0 saturated carbocycles. The fourth-order valence-electron chi connectivity index (χ4n) is 2.89. The predicted molar refractivity (Wildman–Crippen MR) is 114 cm³/mol. The van der Waals surface area contributed by atoms with Crippen LogP contribution in [0.5, 0.6) is 0 Å². The van der Waals surface area contributed by atoms with Crippen LogP contribution in [0.4, 0.5) is 0 Å². The molecule has 0 radical (unpaired) electrons. The Morgan fingerprint density at radius 3 is 2.29 bits per heavy atom. The first-order valence-electron chi connectivity index (χ1n) is 9.02. The molecule has 4 nitrogen and oxygen atoms in total. The molecule has 2 rings (SSSR count). The van der Waals surface area contributed by atoms with E-state index in [1.54, 1.807) is 0 Å². The molecule has 0 unspecified atom stereocenters. The van der Waals surface area contributed by atoms with Gasteiger partial charge in [-0.25, -0.2) is 4.99 Å². The second-order valence-electron chi connectivity index (χ2n) is 6.65. The Labute approximate surface area is 164 Å². The number of piperidine rings is 1. The van der Waals surface area contributed by atoms with E-state index in [2.05, 4.69) is 65.6 Å². The molecule has 1 saturated heterocycles. The first-order valence-corrected chi connectivity index (χ1v) is 9.02. The molecule has 136 valence electrons. The molecule has 24 heavy (non-hydrogen) atoms. The van der Waals surface area contributed by atoms with Crippen molar-refractivity contribution >= 4 is 29.9 Å². The van der Waals surface area contributed by atoms with Gasteiger partial charge < -0.3 is 10.6 Å². The fraction of sp³-hybridized carbons (Fsp3) is 0.632. The molecular formula is C19H33IN4. The number of nitrogens with one attached hydrogen (secondary N) is 2. The van der Waals surface area contributed by atoms with E-state index < -0.39 is 0 Å². The Bertz CT molecular complexity index is 479. The third-order valence-corrected chi connectivity index (χ3v) is 4.07. The minimum Gasteiger partial charge on any atom is -0.357 e. The number of hydrogen-bond acceptors (Lipinski definition) is 2. The number of halogens is 1. The predicted octanol–water partition coefficient (Wildman–Crippen LogP) is 3.75. The smallest absolute Gasteiger partial charge is 0.191 e. The number of rotatable bonds is 6. The summed E-state index contributed by atoms with van der Waals surface area (Å²) in [4.78, 5) is 7.22. The monoisotopic (exact) mass is 444 g/mol. The first-order chi connectivity index (χ1) is 11.2. The normalized spacial score (nSPS) is 15.9. The van der Waals surface area contributed by atoms with Crippen LogP contribution in [0.3, 0.4) is 0 Å². The Morgan fingerprint density at radius 2 is 1.71 bits per heavy atom. The zero-order chi connectivity index (χ0) is 16.5. The maximum atomic E-state index is 4.65. The summed E-state index contributed by atoms with van der Waals surface area (Å²) >= 11 is 0. The number of hydrogen-bond donors (Lipinski definition) is 2. The van der Waals surface area contributed by atoms with Crippen molar-refractivity contribution in [3.63, 3.8) is 0 Å². The first kappa shape index (κ1) is 21.2. The van der Waals surface area contributed by atoms with Crippen LogP contribution < -0.4 is 10.6 Å². The summed E-state index contributed by atoms with van der Waals surface area (Å²) in [6, 6.07) is 9.31. The molecule has 0 bridgehead atoms. The molecule has 1 aliphatic rings. The van der Waals surface area contributed by atoms with Crippen molar-refractivity contribution < 1.29 is 0 Å². The Kier molecular flexibility index (Phi) is 10.3. The molecule has 1 fully saturated rings. The quantitative estimate of drug-likeness (QED) is 0.399. The third kappa shape index (κ3) is 7.83. The van der Waals surface area contributed by atoms with Crippen LogP contribution in [0.25, 0.3) is 0 Å². The summed E-state index contributed by atoms with van der Waals surface area (Å²) in [6.07, 6.45) is 4.09. The summed E-state index contributed by atoms with van der Waals surface area (Å²) in [7, 11) is 0. The lowest BCUT2D eigenvalue weighted by atomic mass is 10.1. The van der Waals surface area contributed by atoms with Gasteiger partial charge in [0, 0.05) is 19.1 Å². The molecule has 1 heterocycles. The molecule has 5 heteroatoms. The van der Waals surface area contributed by atoms with Gasteiger partial charge in [-0.1, -0.05) is 30.7 Å². The van der Waals surface area contributed by atoms with E-state index in [-0.39, 0.29) is 24.0 Å². The molecule has 0 spiro atoms. The Morgan fingerprint density at radius 1 is 1.08 bits per heavy atom. The molecule has 0 aliphatic carbocycles. The fourth-order valence-corrected chi connectivity index (χ4v) is 2.89. The summed E-state index contributed by atoms with van der Waals surface area (Å²) in [5.41, 5.74) is 2.67. The van der Waals surface area contributed by atoms with Gasteiger partial charge >= 0.3 is 0 Å². The summed E-state index contributed by atoms with van der Waals surface area (Å²) in [5.74, 6) is 0.889. The van der Waals surface area contributed by atoms with Crippen molar-refractivity contribution in [2.75, 3.05) is 19.6 Å². The number of nitrogens with zero attached hydrogens (tertiary/aromatic N) is 2. The average Bonchev–Trinajstić information content (AvgIpc) is 2.55. The summed E-state index contributed by atoms with van der Waals surface area (Å²) in [5, 5.41) is 6.63. The Hall–Kier alpha value is -0.820. The highest BCUT2D eigenvalue weighted by Gasteiger charge is 2.10. The molecule has 1 aromatic rings. The van der Waals surface area contributed by atoms with E-state index in [1.165, 1.54) is 43.5 Å². The van der Waals surface area contributed by atoms with E-state index in [1.807, 2.05) is 0 Å². The van der Waals surface area contributed by atoms with Crippen molar-refractivity contribution in [3.8, 4) is 0 Å². The van der Waals surface area contributed by atoms with Crippen molar-refractivity contribution in [2.45, 2.75) is 59.2 Å². The number of likely N-dealkylation sites (tertiary alicyclic amines) is 1. The van der Waals surface area contributed by atoms with E-state index in [4.69, 9.17) is 0 Å². The summed E-state index contributed by atoms with van der Waals surface area (Å²) < 4.78 is 0. The highest BCUT2D eigenvalue weighted by atomic mass is 127. The van der Waals surface area contributed by atoms with Crippen molar-refractivity contribution in [3.05, 3.63) is 35.4 Å². The highest BCUT2D eigenvalue weighted by Crippen LogP contribution is 2.13. The zero-order valence-electron chi connectivity index (χ0n) is 15.3. The number of aliphatic imine (C=N–C) groups is 1. The SMILES string of the molecule is CCNC(=NCc1ccc(CN2CCCCC2)cc1)NC(C)C.I. The van der Waals surface area contributed by atoms with Crippen LogP contribution in [0.1, 0.15) is 51.2 Å². The maximum Gasteiger partial charge on any atom is 0.191 e. The lowest BCUT2D eigenvalue weighted by Gasteiger charge is -2.26. The van der Waals surface area contributed by atoms with E-state index in [9.17, 15) is 0 Å². The van der Waals surface area contributed by atoms with Crippen molar-refractivity contribution in [1.82, 2.24) is 15.5 Å². The molecule has 0 aromatic heterocycles. The van der Waals surface area contributed by atoms with Gasteiger partial charge in [-0.15, -0.1) is 24.0 Å². The zero-order valence-corrected chi connectivity index (χ0v) is 17.7. The largest absolute Gasteiger partial charge is 0.357 e. The minimum atomic E-state index is 0. The van der Waals surface area contributed by atoms with Gasteiger partial charge in [-0.3, -0.25) is 4.90 Å². The van der Waals surface area contributed by atoms with Crippen LogP contribution in [-0.4, -0.2) is 36.5 Å². The standard InChI is InChI=1S/C19H32N4.HI/c1-4-20-19(22-16(2)3)21-14-17-8-10-18(11-9-17)15-23-12-6-5-7-13-23;/h8-11,16H,4-7,12-15H2,1-3H3,(H2,20,21,22);1H. The van der Waals surface area contributed by atoms with Crippen LogP contribution in [0.2, 0.25) is 0 Å². The number of guanidine groups is 1. The summed E-state index contributed by atoms with van der Waals surface area (Å²) in [6.45, 7) is 11.5. The van der Waals surface area contributed by atoms with Crippen LogP contribution in [-0.2, 0) is 13.1 Å². The van der Waals surface area contributed by atoms with Gasteiger partial charge in [-0.2, -0.15) is 0 Å². The lowest BCUT2D eigenvalue weighted by molar-refractivity contribution is 0.221. The van der Waals surface area contributed by atoms with Crippen molar-refractivity contribution in [2.24, 2.45) is 4.99 Å². The molecule has 0 atom stereocenters. The van der Waals surface area contributed by atoms with Crippen LogP contribution in [0.15, 0.2) is 29.3 Å². The number of benzene rings is 1. The molecule has 1 aliphatic heterocycles. The van der Waals surface area contributed by atoms with Gasteiger partial charge in [0.1, 0.15) is 0 Å². The average molecular weight is 444 g/mol. The van der Waals surface area contributed by atoms with Gasteiger partial charge in [0.2, 0.25) is 0 Å². The van der Waals surface area contributed by atoms with E-state index in [0.29, 0.717) is 12.6 Å². The molecular weight excluding hydrogens is 411 g/mol. The van der Waals surface area contributed by atoms with Gasteiger partial charge in [0.05, 0.1) is 6.54 Å². The van der Waals surface area contributed by atoms with E-state index in [0.717, 1.165) is 19.0 Å².